The van der Waals surface area contributed by atoms with E-state index in [0.29, 0.717) is 29.4 Å². The highest BCUT2D eigenvalue weighted by molar-refractivity contribution is 5.84. The number of hydrogen-bond acceptors (Lipinski definition) is 7. The van der Waals surface area contributed by atoms with E-state index in [1.165, 1.54) is 7.11 Å². The topological polar surface area (TPSA) is 123 Å². The number of nitrogens with zero attached hydrogens (tertiary/aromatic N) is 3. The van der Waals surface area contributed by atoms with Crippen LogP contribution in [0.3, 0.4) is 0 Å². The third-order valence-corrected chi connectivity index (χ3v) is 3.94. The van der Waals surface area contributed by atoms with Crippen molar-refractivity contribution in [1.29, 1.82) is 5.26 Å². The molecule has 0 aliphatic carbocycles. The Kier molecular flexibility index (Phi) is 6.90. The Morgan fingerprint density at radius 2 is 2.11 bits per heavy atom. The van der Waals surface area contributed by atoms with Gasteiger partial charge in [-0.1, -0.05) is 19.9 Å². The van der Waals surface area contributed by atoms with Crippen LogP contribution in [0, 0.1) is 17.2 Å². The maximum absolute atomic E-state index is 11.3. The number of amides is 1. The van der Waals surface area contributed by atoms with Crippen LogP contribution in [0.4, 0.5) is 10.6 Å². The van der Waals surface area contributed by atoms with Gasteiger partial charge in [0.25, 0.3) is 0 Å². The predicted octanol–water partition coefficient (Wildman–Crippen LogP) is 3.34. The number of aromatic nitrogens is 2. The van der Waals surface area contributed by atoms with Gasteiger partial charge in [-0.05, 0) is 43.0 Å². The monoisotopic (exact) mass is 383 g/mol. The molecule has 1 atom stereocenters. The number of nitriles is 1. The van der Waals surface area contributed by atoms with Gasteiger partial charge in [0.2, 0.25) is 0 Å². The lowest BCUT2D eigenvalue weighted by Gasteiger charge is -2.26. The van der Waals surface area contributed by atoms with E-state index < -0.39 is 11.6 Å². The van der Waals surface area contributed by atoms with Crippen LogP contribution in [0.15, 0.2) is 30.5 Å². The number of nitrogens with two attached hydrogens (primary N) is 1. The number of carbonyl (C=O) groups is 1. The lowest BCUT2D eigenvalue weighted by molar-refractivity contribution is 0.187. The molecule has 0 unspecified atom stereocenters. The van der Waals surface area contributed by atoms with Gasteiger partial charge in [0, 0.05) is 11.1 Å². The summed E-state index contributed by atoms with van der Waals surface area (Å²) in [7, 11) is 1.26. The second kappa shape index (κ2) is 9.15. The van der Waals surface area contributed by atoms with Crippen molar-refractivity contribution in [2.24, 2.45) is 11.7 Å². The van der Waals surface area contributed by atoms with Crippen LogP contribution in [0.5, 0.6) is 5.75 Å². The highest BCUT2D eigenvalue weighted by Crippen LogP contribution is 2.28. The molecule has 1 aromatic heterocycles. The fourth-order valence-electron chi connectivity index (χ4n) is 2.90. The fourth-order valence-corrected chi connectivity index (χ4v) is 2.90. The van der Waals surface area contributed by atoms with Crippen molar-refractivity contribution in [3.63, 3.8) is 0 Å². The zero-order valence-corrected chi connectivity index (χ0v) is 16.5. The van der Waals surface area contributed by atoms with Gasteiger partial charge in [-0.2, -0.15) is 10.4 Å². The smallest absolute Gasteiger partial charge is 0.412 e. The lowest BCUT2D eigenvalue weighted by Crippen LogP contribution is -2.43. The third kappa shape index (κ3) is 5.93. The Labute approximate surface area is 164 Å². The first-order valence-corrected chi connectivity index (χ1v) is 8.88. The molecule has 0 saturated carbocycles. The second-order valence-electron chi connectivity index (χ2n) is 7.31. The van der Waals surface area contributed by atoms with Gasteiger partial charge in [0.15, 0.2) is 5.82 Å². The molecule has 0 bridgehead atoms. The van der Waals surface area contributed by atoms with Crippen molar-refractivity contribution in [2.75, 3.05) is 19.0 Å². The summed E-state index contributed by atoms with van der Waals surface area (Å²) in [5.74, 6) is 1.17. The molecule has 0 aliphatic heterocycles. The van der Waals surface area contributed by atoms with E-state index >= 15 is 0 Å². The Morgan fingerprint density at radius 1 is 1.36 bits per heavy atom. The van der Waals surface area contributed by atoms with Crippen LogP contribution < -0.4 is 15.8 Å². The molecule has 8 heteroatoms. The van der Waals surface area contributed by atoms with Gasteiger partial charge in [0.05, 0.1) is 18.9 Å². The van der Waals surface area contributed by atoms with Gasteiger partial charge < -0.3 is 15.2 Å². The molecule has 148 valence electrons. The quantitative estimate of drug-likeness (QED) is 0.751. The van der Waals surface area contributed by atoms with Crippen LogP contribution >= 0.6 is 0 Å². The number of benzene rings is 1. The first-order valence-electron chi connectivity index (χ1n) is 8.88. The van der Waals surface area contributed by atoms with E-state index in [2.05, 4.69) is 40.2 Å². The standard InChI is InChI=1S/C20H25N5O3/c1-13(2)9-20(3,22)12-28-17-6-5-14(7-15(17)10-21)16-8-18(25-23-11-16)24-19(26)27-4/h5-8,11,13H,9,12,22H2,1-4H3,(H,24,25,26)/t20-/m0/s1. The zero-order chi connectivity index (χ0) is 20.7. The number of hydrogen-bond donors (Lipinski definition) is 2. The number of rotatable bonds is 7. The number of ether oxygens (including phenoxy) is 2. The molecule has 1 amide bonds. The molecule has 2 aromatic rings. The summed E-state index contributed by atoms with van der Waals surface area (Å²) in [5.41, 5.74) is 7.61. The number of methoxy groups -OCH3 is 1. The predicted molar refractivity (Wildman–Crippen MR) is 106 cm³/mol. The van der Waals surface area contributed by atoms with Crippen molar-refractivity contribution >= 4 is 11.9 Å². The summed E-state index contributed by atoms with van der Waals surface area (Å²) in [4.78, 5) is 11.3. The minimum atomic E-state index is -0.640. The highest BCUT2D eigenvalue weighted by atomic mass is 16.5. The highest BCUT2D eigenvalue weighted by Gasteiger charge is 2.21. The van der Waals surface area contributed by atoms with Crippen molar-refractivity contribution in [2.45, 2.75) is 32.7 Å². The molecule has 0 aliphatic rings. The van der Waals surface area contributed by atoms with Gasteiger partial charge >= 0.3 is 6.09 Å². The lowest BCUT2D eigenvalue weighted by atomic mass is 9.93. The molecule has 0 spiro atoms. The van der Waals surface area contributed by atoms with Gasteiger partial charge in [-0.3, -0.25) is 5.32 Å². The average molecular weight is 383 g/mol. The Bertz CT molecular complexity index is 874. The number of carbonyl (C=O) groups excluding carboxylic acids is 1. The Hall–Kier alpha value is -3.18. The van der Waals surface area contributed by atoms with Gasteiger partial charge in [0.1, 0.15) is 18.4 Å². The summed E-state index contributed by atoms with van der Waals surface area (Å²) in [6.45, 7) is 6.45. The van der Waals surface area contributed by atoms with Gasteiger partial charge in [-0.25, -0.2) is 4.79 Å². The van der Waals surface area contributed by atoms with Crippen molar-refractivity contribution < 1.29 is 14.3 Å². The zero-order valence-electron chi connectivity index (χ0n) is 16.5. The normalized spacial score (nSPS) is 12.8. The van der Waals surface area contributed by atoms with E-state index in [4.69, 9.17) is 10.5 Å². The SMILES string of the molecule is COC(=O)Nc1cc(-c2ccc(OC[C@@](C)(N)CC(C)C)c(C#N)c2)cnn1. The summed E-state index contributed by atoms with van der Waals surface area (Å²) >= 11 is 0. The molecule has 0 fully saturated rings. The van der Waals surface area contributed by atoms with Crippen LogP contribution in [-0.4, -0.2) is 35.5 Å². The Morgan fingerprint density at radius 3 is 2.75 bits per heavy atom. The summed E-state index contributed by atoms with van der Waals surface area (Å²) in [6.07, 6.45) is 1.71. The maximum Gasteiger partial charge on any atom is 0.412 e. The molecule has 1 heterocycles. The summed E-state index contributed by atoms with van der Waals surface area (Å²) in [5, 5.41) is 19.7. The van der Waals surface area contributed by atoms with Crippen molar-refractivity contribution in [1.82, 2.24) is 10.2 Å². The molecule has 2 rings (SSSR count). The van der Waals surface area contributed by atoms with Crippen LogP contribution in [-0.2, 0) is 4.74 Å². The fraction of sp³-hybridized carbons (Fsp3) is 0.400. The van der Waals surface area contributed by atoms with E-state index in [-0.39, 0.29) is 5.82 Å². The summed E-state index contributed by atoms with van der Waals surface area (Å²) < 4.78 is 10.4. The van der Waals surface area contributed by atoms with E-state index in [9.17, 15) is 10.1 Å². The summed E-state index contributed by atoms with van der Waals surface area (Å²) in [6, 6.07) is 9.03. The van der Waals surface area contributed by atoms with E-state index in [0.717, 1.165) is 12.0 Å². The van der Waals surface area contributed by atoms with E-state index in [1.54, 1.807) is 24.4 Å². The van der Waals surface area contributed by atoms with Gasteiger partial charge in [-0.15, -0.1) is 5.10 Å². The van der Waals surface area contributed by atoms with Crippen molar-refractivity contribution in [3.05, 3.63) is 36.0 Å². The van der Waals surface area contributed by atoms with Crippen LogP contribution in [0.25, 0.3) is 11.1 Å². The minimum Gasteiger partial charge on any atom is -0.490 e. The number of anilines is 1. The molecular weight excluding hydrogens is 358 g/mol. The minimum absolute atomic E-state index is 0.246. The van der Waals surface area contributed by atoms with E-state index in [1.807, 2.05) is 13.0 Å². The number of nitrogens with one attached hydrogen (secondary N) is 1. The molecule has 3 N–H and O–H groups in total. The molecule has 28 heavy (non-hydrogen) atoms. The molecule has 1 aromatic carbocycles. The first-order chi connectivity index (χ1) is 13.2. The average Bonchev–Trinajstić information content (AvgIpc) is 2.65. The van der Waals surface area contributed by atoms with Crippen LogP contribution in [0.1, 0.15) is 32.8 Å². The maximum atomic E-state index is 11.3. The molecule has 8 nitrogen and oxygen atoms in total. The molecular formula is C20H25N5O3. The van der Waals surface area contributed by atoms with Crippen LogP contribution in [0.2, 0.25) is 0 Å². The third-order valence-electron chi connectivity index (χ3n) is 3.94. The first kappa shape index (κ1) is 21.1. The second-order valence-corrected chi connectivity index (χ2v) is 7.31. The molecule has 0 radical (unpaired) electrons. The van der Waals surface area contributed by atoms with Crippen molar-refractivity contribution in [3.8, 4) is 22.9 Å². The largest absolute Gasteiger partial charge is 0.490 e. The Balaban J connectivity index is 2.20. The molecule has 0 saturated heterocycles.